The van der Waals surface area contributed by atoms with Crippen molar-refractivity contribution in [3.63, 3.8) is 0 Å². The maximum Gasteiger partial charge on any atom is 0.331 e. The Labute approximate surface area is 204 Å². The number of fused-ring (bicyclic) bond motifs is 1. The fourth-order valence-electron chi connectivity index (χ4n) is 4.01. The molecule has 0 saturated heterocycles. The Morgan fingerprint density at radius 3 is 1.79 bits per heavy atom. The van der Waals surface area contributed by atoms with Crippen LogP contribution in [0.2, 0.25) is 0 Å². The van der Waals surface area contributed by atoms with E-state index >= 15 is 0 Å². The third-order valence-corrected chi connectivity index (χ3v) is 7.98. The van der Waals surface area contributed by atoms with E-state index in [0.717, 1.165) is 25.3 Å². The van der Waals surface area contributed by atoms with Gasteiger partial charge in [0, 0.05) is 0 Å². The molecular weight excluding hydrogens is 476 g/mol. The van der Waals surface area contributed by atoms with E-state index in [1.165, 1.54) is 82.8 Å². The number of nitrogens with zero attached hydrogens (tertiary/aromatic N) is 1. The third kappa shape index (κ3) is 10.0. The van der Waals surface area contributed by atoms with E-state index in [4.69, 9.17) is 4.18 Å². The molecule has 34 heavy (non-hydrogen) atoms. The van der Waals surface area contributed by atoms with Crippen molar-refractivity contribution in [3.8, 4) is 0 Å². The summed E-state index contributed by atoms with van der Waals surface area (Å²) in [6, 6.07) is 4.02. The fraction of sp³-hybridized carbons (Fsp3) is 0.708. The summed E-state index contributed by atoms with van der Waals surface area (Å²) in [5.74, 6) is 0. The summed E-state index contributed by atoms with van der Waals surface area (Å²) in [6.45, 7) is 2.29. The first kappa shape index (κ1) is 28.7. The van der Waals surface area contributed by atoms with Crippen LogP contribution < -0.4 is 0 Å². The lowest BCUT2D eigenvalue weighted by Crippen LogP contribution is -2.09. The van der Waals surface area contributed by atoms with Crippen LogP contribution in [0.4, 0.5) is 0 Å². The second-order valence-corrected chi connectivity index (χ2v) is 11.8. The Morgan fingerprint density at radius 1 is 0.794 bits per heavy atom. The molecule has 0 aliphatic rings. The first-order chi connectivity index (χ1) is 16.3. The van der Waals surface area contributed by atoms with E-state index in [1.807, 2.05) is 0 Å². The highest BCUT2D eigenvalue weighted by Gasteiger charge is 2.23. The largest absolute Gasteiger partial charge is 0.331 e. The number of benzene rings is 1. The van der Waals surface area contributed by atoms with E-state index in [0.29, 0.717) is 6.42 Å². The van der Waals surface area contributed by atoms with Crippen LogP contribution in [0.1, 0.15) is 103 Å². The first-order valence-electron chi connectivity index (χ1n) is 12.6. The van der Waals surface area contributed by atoms with Gasteiger partial charge >= 0.3 is 10.1 Å². The third-order valence-electron chi connectivity index (χ3n) is 5.96. The van der Waals surface area contributed by atoms with Crippen molar-refractivity contribution in [2.75, 3.05) is 6.61 Å². The molecule has 2 N–H and O–H groups in total. The summed E-state index contributed by atoms with van der Waals surface area (Å²) in [4.78, 5) is 5.93. The van der Waals surface area contributed by atoms with Crippen LogP contribution in [0.25, 0.3) is 11.0 Å². The molecule has 0 atom stereocenters. The molecule has 0 bridgehead atoms. The van der Waals surface area contributed by atoms with Crippen molar-refractivity contribution in [3.05, 3.63) is 18.2 Å². The molecule has 0 aliphatic carbocycles. The average molecular weight is 517 g/mol. The van der Waals surface area contributed by atoms with Gasteiger partial charge in [-0.05, 0) is 18.6 Å². The lowest BCUT2D eigenvalue weighted by Gasteiger charge is -2.04. The summed E-state index contributed by atoms with van der Waals surface area (Å²) < 4.78 is 62.0. The van der Waals surface area contributed by atoms with Crippen LogP contribution in [-0.2, 0) is 24.4 Å². The number of unbranched alkanes of at least 4 members (excludes halogenated alkanes) is 14. The highest BCUT2D eigenvalue weighted by Crippen LogP contribution is 2.23. The highest BCUT2D eigenvalue weighted by atomic mass is 32.2. The number of aromatic nitrogens is 2. The molecule has 0 aliphatic heterocycles. The molecule has 0 radical (unpaired) electrons. The maximum atomic E-state index is 12.4. The summed E-state index contributed by atoms with van der Waals surface area (Å²) in [5.41, 5.74) is 0.0448. The van der Waals surface area contributed by atoms with E-state index in [9.17, 15) is 21.4 Å². The summed E-state index contributed by atoms with van der Waals surface area (Å²) in [5, 5.41) is -0.473. The lowest BCUT2D eigenvalue weighted by molar-refractivity contribution is 0.303. The lowest BCUT2D eigenvalue weighted by atomic mass is 10.0. The van der Waals surface area contributed by atoms with Gasteiger partial charge in [0.1, 0.15) is 10.4 Å². The van der Waals surface area contributed by atoms with Crippen molar-refractivity contribution in [2.45, 2.75) is 113 Å². The zero-order valence-corrected chi connectivity index (χ0v) is 21.9. The molecule has 10 heteroatoms. The van der Waals surface area contributed by atoms with Gasteiger partial charge in [0.05, 0.1) is 12.1 Å². The zero-order valence-electron chi connectivity index (χ0n) is 20.3. The molecule has 2 rings (SSSR count). The molecule has 2 aromatic rings. The van der Waals surface area contributed by atoms with Crippen molar-refractivity contribution >= 4 is 31.3 Å². The number of aromatic amines is 1. The number of rotatable bonds is 19. The van der Waals surface area contributed by atoms with Gasteiger partial charge in [0.15, 0.2) is 0 Å². The molecular formula is C24H40N2O6S2. The van der Waals surface area contributed by atoms with Crippen LogP contribution in [0.3, 0.4) is 0 Å². The fourth-order valence-corrected chi connectivity index (χ4v) is 5.55. The zero-order chi connectivity index (χ0) is 24.9. The highest BCUT2D eigenvalue weighted by molar-refractivity contribution is 7.86. The van der Waals surface area contributed by atoms with Gasteiger partial charge in [-0.1, -0.05) is 103 Å². The standard InChI is InChI=1S/C24H40N2O6S2/c1-2-3-4-5-6-7-8-9-10-11-12-13-14-15-16-20-32-34(30,31)24-25-21-18-17-19-22(23(21)26-24)33(27,28)29/h17-19H,2-16,20H2,1H3,(H,25,26)(H,27,28,29). The number of nitrogens with one attached hydrogen (secondary N) is 1. The second-order valence-electron chi connectivity index (χ2n) is 8.90. The van der Waals surface area contributed by atoms with Gasteiger partial charge < -0.3 is 4.98 Å². The van der Waals surface area contributed by atoms with Gasteiger partial charge in [-0.25, -0.2) is 4.98 Å². The molecule has 0 spiro atoms. The monoisotopic (exact) mass is 516 g/mol. The molecule has 0 unspecified atom stereocenters. The Bertz CT molecular complexity index is 1060. The van der Waals surface area contributed by atoms with Crippen molar-refractivity contribution < 1.29 is 25.6 Å². The van der Waals surface area contributed by atoms with Crippen molar-refractivity contribution in [2.24, 2.45) is 0 Å². The minimum atomic E-state index is -4.52. The van der Waals surface area contributed by atoms with Gasteiger partial charge in [-0.3, -0.25) is 8.74 Å². The predicted octanol–water partition coefficient (Wildman–Crippen LogP) is 6.39. The maximum absolute atomic E-state index is 12.4. The van der Waals surface area contributed by atoms with Gasteiger partial charge in [-0.15, -0.1) is 0 Å². The predicted molar refractivity (Wildman–Crippen MR) is 134 cm³/mol. The average Bonchev–Trinajstić information content (AvgIpc) is 3.23. The summed E-state index contributed by atoms with van der Waals surface area (Å²) >= 11 is 0. The molecule has 8 nitrogen and oxygen atoms in total. The van der Waals surface area contributed by atoms with Crippen LogP contribution in [0.5, 0.6) is 0 Å². The van der Waals surface area contributed by atoms with E-state index in [-0.39, 0.29) is 17.6 Å². The number of hydrogen-bond acceptors (Lipinski definition) is 6. The topological polar surface area (TPSA) is 126 Å². The number of H-pyrrole nitrogens is 1. The van der Waals surface area contributed by atoms with Crippen molar-refractivity contribution in [1.82, 2.24) is 9.97 Å². The van der Waals surface area contributed by atoms with Crippen LogP contribution in [0, 0.1) is 0 Å². The minimum absolute atomic E-state index is 0.0444. The quantitative estimate of drug-likeness (QED) is 0.126. The molecule has 0 saturated carbocycles. The number of para-hydroxylation sites is 1. The molecule has 1 aromatic carbocycles. The first-order valence-corrected chi connectivity index (χ1v) is 15.5. The molecule has 0 amide bonds. The summed E-state index contributed by atoms with van der Waals surface area (Å²) in [6.07, 6.45) is 18.3. The molecule has 1 heterocycles. The Hall–Kier alpha value is -1.49. The van der Waals surface area contributed by atoms with Crippen molar-refractivity contribution in [1.29, 1.82) is 0 Å². The molecule has 1 aromatic heterocycles. The molecule has 194 valence electrons. The smallest absolute Gasteiger partial charge is 0.327 e. The minimum Gasteiger partial charge on any atom is -0.327 e. The Kier molecular flexibility index (Phi) is 12.5. The van der Waals surface area contributed by atoms with E-state index in [2.05, 4.69) is 16.9 Å². The number of imidazole rings is 1. The second kappa shape index (κ2) is 14.8. The number of hydrogen-bond donors (Lipinski definition) is 2. The Morgan fingerprint density at radius 2 is 1.29 bits per heavy atom. The van der Waals surface area contributed by atoms with Gasteiger partial charge in [0.2, 0.25) is 0 Å². The van der Waals surface area contributed by atoms with Gasteiger partial charge in [-0.2, -0.15) is 16.8 Å². The Balaban J connectivity index is 1.57. The van der Waals surface area contributed by atoms with Crippen LogP contribution in [-0.4, -0.2) is 38.0 Å². The SMILES string of the molecule is CCCCCCCCCCCCCCCCCOS(=O)(=O)c1nc2c(S(=O)(=O)O)cccc2[nH]1. The van der Waals surface area contributed by atoms with Crippen LogP contribution >= 0.6 is 0 Å². The van der Waals surface area contributed by atoms with Gasteiger partial charge in [0.25, 0.3) is 15.3 Å². The normalized spacial score (nSPS) is 12.5. The van der Waals surface area contributed by atoms with Crippen LogP contribution in [0.15, 0.2) is 28.3 Å². The molecule has 0 fully saturated rings. The summed E-state index contributed by atoms with van der Waals surface area (Å²) in [7, 11) is -8.67. The van der Waals surface area contributed by atoms with E-state index in [1.54, 1.807) is 0 Å². The van der Waals surface area contributed by atoms with E-state index < -0.39 is 30.3 Å².